The van der Waals surface area contributed by atoms with Gasteiger partial charge in [-0.3, -0.25) is 14.7 Å². The number of anilines is 1. The van der Waals surface area contributed by atoms with Gasteiger partial charge in [0.05, 0.1) is 0 Å². The molecule has 2 heterocycles. The van der Waals surface area contributed by atoms with Crippen molar-refractivity contribution in [3.8, 4) is 11.4 Å². The zero-order valence-corrected chi connectivity index (χ0v) is 15.0. The quantitative estimate of drug-likeness (QED) is 0.571. The van der Waals surface area contributed by atoms with Gasteiger partial charge in [0.1, 0.15) is 5.69 Å². The van der Waals surface area contributed by atoms with E-state index in [4.69, 9.17) is 11.6 Å². The summed E-state index contributed by atoms with van der Waals surface area (Å²) in [7, 11) is 0. The molecule has 134 valence electrons. The maximum absolute atomic E-state index is 12.5. The van der Waals surface area contributed by atoms with Crippen molar-refractivity contribution in [3.05, 3.63) is 81.2 Å². The first-order chi connectivity index (χ1) is 13.0. The molecule has 0 atom stereocenters. The summed E-state index contributed by atoms with van der Waals surface area (Å²) in [5.41, 5.74) is 1.65. The molecule has 1 amide bonds. The van der Waals surface area contributed by atoms with Gasteiger partial charge in [0.2, 0.25) is 0 Å². The Morgan fingerprint density at radius 2 is 1.89 bits per heavy atom. The number of aromatic amines is 1. The molecule has 2 aromatic carbocycles. The Kier molecular flexibility index (Phi) is 4.21. The number of hydrogen-bond acceptors (Lipinski definition) is 4. The minimum atomic E-state index is -0.510. The summed E-state index contributed by atoms with van der Waals surface area (Å²) in [5, 5.41) is 6.16. The van der Waals surface area contributed by atoms with Gasteiger partial charge in [0.15, 0.2) is 5.82 Å². The summed E-state index contributed by atoms with van der Waals surface area (Å²) in [6.07, 6.45) is 0. The number of rotatable bonds is 3. The molecule has 0 aliphatic rings. The molecule has 27 heavy (non-hydrogen) atoms. The molecule has 0 bridgehead atoms. The lowest BCUT2D eigenvalue weighted by molar-refractivity contribution is 0.102. The zero-order valence-electron chi connectivity index (χ0n) is 14.2. The molecule has 0 spiro atoms. The molecule has 4 aromatic rings. The Hall–Kier alpha value is -3.45. The Balaban J connectivity index is 1.71. The number of nitrogens with one attached hydrogen (secondary N) is 2. The van der Waals surface area contributed by atoms with Crippen molar-refractivity contribution >= 4 is 29.0 Å². The van der Waals surface area contributed by atoms with Crippen molar-refractivity contribution in [1.82, 2.24) is 19.6 Å². The van der Waals surface area contributed by atoms with E-state index in [9.17, 15) is 9.59 Å². The molecule has 0 saturated carbocycles. The van der Waals surface area contributed by atoms with Crippen LogP contribution in [0.3, 0.4) is 0 Å². The van der Waals surface area contributed by atoms with Gasteiger partial charge in [0, 0.05) is 22.3 Å². The molecular weight excluding hydrogens is 366 g/mol. The number of halogens is 1. The number of nitrogens with zero attached hydrogens (tertiary/aromatic N) is 3. The monoisotopic (exact) mass is 379 g/mol. The number of H-pyrrole nitrogens is 1. The number of carbonyl (C=O) groups is 1. The second kappa shape index (κ2) is 6.69. The minimum absolute atomic E-state index is 0.0227. The van der Waals surface area contributed by atoms with E-state index in [1.165, 1.54) is 4.52 Å². The third-order valence-electron chi connectivity index (χ3n) is 4.13. The molecule has 0 aliphatic carbocycles. The molecule has 4 rings (SSSR count). The lowest BCUT2D eigenvalue weighted by Gasteiger charge is -2.08. The number of carbonyl (C=O) groups excluding carboxylic acids is 1. The normalized spacial score (nSPS) is 10.9. The minimum Gasteiger partial charge on any atom is -0.320 e. The van der Waals surface area contributed by atoms with Crippen LogP contribution in [0.25, 0.3) is 17.2 Å². The van der Waals surface area contributed by atoms with E-state index in [1.54, 1.807) is 25.1 Å². The van der Waals surface area contributed by atoms with Gasteiger partial charge in [-0.05, 0) is 24.6 Å². The highest BCUT2D eigenvalue weighted by Gasteiger charge is 2.15. The number of amides is 1. The van der Waals surface area contributed by atoms with Crippen LogP contribution in [0.5, 0.6) is 0 Å². The second-order valence-corrected chi connectivity index (χ2v) is 6.33. The van der Waals surface area contributed by atoms with Crippen LogP contribution in [0.15, 0.2) is 59.4 Å². The second-order valence-electron chi connectivity index (χ2n) is 5.92. The topological polar surface area (TPSA) is 92.2 Å². The smallest absolute Gasteiger partial charge is 0.274 e. The third kappa shape index (κ3) is 3.20. The number of hydrogen-bond donors (Lipinski definition) is 2. The summed E-state index contributed by atoms with van der Waals surface area (Å²) < 4.78 is 1.20. The fraction of sp³-hybridized carbons (Fsp3) is 0.0526. The highest BCUT2D eigenvalue weighted by molar-refractivity contribution is 6.31. The summed E-state index contributed by atoms with van der Waals surface area (Å²) >= 11 is 6.07. The fourth-order valence-corrected chi connectivity index (χ4v) is 2.83. The van der Waals surface area contributed by atoms with Crippen molar-refractivity contribution in [2.45, 2.75) is 6.92 Å². The maximum atomic E-state index is 12.5. The summed E-state index contributed by atoms with van der Waals surface area (Å²) in [5.74, 6) is 0.0991. The molecule has 0 saturated heterocycles. The van der Waals surface area contributed by atoms with Gasteiger partial charge in [-0.15, -0.1) is 0 Å². The summed E-state index contributed by atoms with van der Waals surface area (Å²) in [6.45, 7) is 1.79. The Bertz CT molecular complexity index is 1210. The predicted molar refractivity (Wildman–Crippen MR) is 103 cm³/mol. The third-order valence-corrected chi connectivity index (χ3v) is 4.54. The largest absolute Gasteiger partial charge is 0.320 e. The van der Waals surface area contributed by atoms with Crippen LogP contribution in [0.1, 0.15) is 16.1 Å². The van der Waals surface area contributed by atoms with Crippen LogP contribution in [0.2, 0.25) is 5.02 Å². The van der Waals surface area contributed by atoms with Crippen molar-refractivity contribution in [1.29, 1.82) is 0 Å². The highest BCUT2D eigenvalue weighted by atomic mass is 35.5. The fourth-order valence-electron chi connectivity index (χ4n) is 2.65. The van der Waals surface area contributed by atoms with Gasteiger partial charge in [0.25, 0.3) is 17.2 Å². The zero-order chi connectivity index (χ0) is 19.0. The lowest BCUT2D eigenvalue weighted by Crippen LogP contribution is -2.21. The molecule has 0 fully saturated rings. The first-order valence-corrected chi connectivity index (χ1v) is 8.52. The van der Waals surface area contributed by atoms with Gasteiger partial charge < -0.3 is 5.32 Å². The van der Waals surface area contributed by atoms with Crippen LogP contribution in [0, 0.1) is 6.92 Å². The van der Waals surface area contributed by atoms with E-state index < -0.39 is 11.5 Å². The summed E-state index contributed by atoms with van der Waals surface area (Å²) in [6, 6.07) is 15.7. The SMILES string of the molecule is Cc1c(Cl)cccc1NC(=O)c1cc(=O)n2[nH]c(-c3ccccc3)nc2n1. The Morgan fingerprint density at radius 3 is 2.67 bits per heavy atom. The van der Waals surface area contributed by atoms with Gasteiger partial charge in [-0.2, -0.15) is 9.50 Å². The standard InChI is InChI=1S/C19H14ClN5O2/c1-11-13(20)8-5-9-14(11)21-18(27)15-10-16(26)25-19(22-15)23-17(24-25)12-6-3-2-4-7-12/h2-10H,1H3,(H,21,27)(H,22,23,24). The predicted octanol–water partition coefficient (Wildman–Crippen LogP) is 3.30. The van der Waals surface area contributed by atoms with Crippen LogP contribution < -0.4 is 10.9 Å². The number of aromatic nitrogens is 4. The maximum Gasteiger partial charge on any atom is 0.274 e. The van der Waals surface area contributed by atoms with E-state index in [1.807, 2.05) is 30.3 Å². The van der Waals surface area contributed by atoms with Crippen LogP contribution >= 0.6 is 11.6 Å². The highest BCUT2D eigenvalue weighted by Crippen LogP contribution is 2.23. The van der Waals surface area contributed by atoms with Crippen LogP contribution in [-0.4, -0.2) is 25.5 Å². The van der Waals surface area contributed by atoms with Gasteiger partial charge in [-0.1, -0.05) is 48.0 Å². The Morgan fingerprint density at radius 1 is 1.11 bits per heavy atom. The van der Waals surface area contributed by atoms with E-state index >= 15 is 0 Å². The molecule has 2 aromatic heterocycles. The first-order valence-electron chi connectivity index (χ1n) is 8.14. The van der Waals surface area contributed by atoms with Crippen LogP contribution in [-0.2, 0) is 0 Å². The van der Waals surface area contributed by atoms with Gasteiger partial charge in [-0.25, -0.2) is 4.98 Å². The lowest BCUT2D eigenvalue weighted by atomic mass is 10.2. The average molecular weight is 380 g/mol. The molecule has 0 unspecified atom stereocenters. The van der Waals surface area contributed by atoms with E-state index in [0.29, 0.717) is 16.5 Å². The van der Waals surface area contributed by atoms with Gasteiger partial charge >= 0.3 is 0 Å². The van der Waals surface area contributed by atoms with Crippen molar-refractivity contribution in [2.24, 2.45) is 0 Å². The average Bonchev–Trinajstić information content (AvgIpc) is 3.11. The molecular formula is C19H14ClN5O2. The molecule has 0 radical (unpaired) electrons. The molecule has 2 N–H and O–H groups in total. The Labute approximate surface area is 158 Å². The summed E-state index contributed by atoms with van der Waals surface area (Å²) in [4.78, 5) is 33.4. The van der Waals surface area contributed by atoms with Crippen molar-refractivity contribution in [2.75, 3.05) is 5.32 Å². The van der Waals surface area contributed by atoms with Crippen LogP contribution in [0.4, 0.5) is 5.69 Å². The molecule has 8 heteroatoms. The van der Waals surface area contributed by atoms with E-state index in [0.717, 1.165) is 17.2 Å². The number of benzene rings is 2. The van der Waals surface area contributed by atoms with Crippen molar-refractivity contribution < 1.29 is 4.79 Å². The van der Waals surface area contributed by atoms with E-state index in [2.05, 4.69) is 20.4 Å². The molecule has 0 aliphatic heterocycles. The number of fused-ring (bicyclic) bond motifs is 1. The van der Waals surface area contributed by atoms with Crippen molar-refractivity contribution in [3.63, 3.8) is 0 Å². The first kappa shape index (κ1) is 17.0. The molecule has 7 nitrogen and oxygen atoms in total. The van der Waals surface area contributed by atoms with E-state index in [-0.39, 0.29) is 11.5 Å².